The van der Waals surface area contributed by atoms with Crippen molar-refractivity contribution >= 4 is 12.0 Å². The van der Waals surface area contributed by atoms with E-state index >= 15 is 0 Å². The lowest BCUT2D eigenvalue weighted by Gasteiger charge is -2.07. The van der Waals surface area contributed by atoms with Crippen molar-refractivity contribution < 1.29 is 14.6 Å². The van der Waals surface area contributed by atoms with Crippen LogP contribution in [0, 0.1) is 0 Å². The molecule has 0 heterocycles. The van der Waals surface area contributed by atoms with Gasteiger partial charge in [-0.3, -0.25) is 0 Å². The molecule has 1 aromatic carbocycles. The van der Waals surface area contributed by atoms with Crippen LogP contribution in [0.25, 0.3) is 6.08 Å². The number of hydrogen-bond donors (Lipinski definition) is 1. The van der Waals surface area contributed by atoms with Gasteiger partial charge in [-0.1, -0.05) is 89.7 Å². The van der Waals surface area contributed by atoms with Crippen LogP contribution < -0.4 is 4.74 Å². The van der Waals surface area contributed by atoms with E-state index in [0.29, 0.717) is 0 Å². The first kappa shape index (κ1) is 22.3. The minimum atomic E-state index is -0.937. The van der Waals surface area contributed by atoms with Gasteiger partial charge < -0.3 is 9.84 Å². The minimum absolute atomic E-state index is 0.726. The van der Waals surface area contributed by atoms with Crippen molar-refractivity contribution in [2.45, 2.75) is 84.0 Å². The van der Waals surface area contributed by atoms with E-state index in [1.54, 1.807) is 6.08 Å². The maximum atomic E-state index is 10.5. The Morgan fingerprint density at radius 1 is 0.923 bits per heavy atom. The highest BCUT2D eigenvalue weighted by molar-refractivity contribution is 5.85. The Morgan fingerprint density at radius 2 is 1.50 bits per heavy atom. The molecule has 1 N–H and O–H groups in total. The molecule has 0 radical (unpaired) electrons. The third-order valence-corrected chi connectivity index (χ3v) is 4.54. The van der Waals surface area contributed by atoms with Crippen molar-refractivity contribution in [2.75, 3.05) is 6.61 Å². The van der Waals surface area contributed by atoms with E-state index in [1.165, 1.54) is 70.6 Å². The first-order valence-electron chi connectivity index (χ1n) is 10.4. The molecule has 0 atom stereocenters. The van der Waals surface area contributed by atoms with Gasteiger partial charge >= 0.3 is 5.97 Å². The molecule has 0 unspecified atom stereocenters. The predicted molar refractivity (Wildman–Crippen MR) is 110 cm³/mol. The molecule has 0 saturated carbocycles. The second-order valence-corrected chi connectivity index (χ2v) is 6.98. The van der Waals surface area contributed by atoms with E-state index in [4.69, 9.17) is 9.84 Å². The maximum absolute atomic E-state index is 10.5. The molecule has 0 aliphatic rings. The van der Waals surface area contributed by atoms with E-state index in [-0.39, 0.29) is 0 Å². The number of carboxylic acids is 1. The maximum Gasteiger partial charge on any atom is 0.328 e. The molecule has 0 aliphatic carbocycles. The van der Waals surface area contributed by atoms with Crippen LogP contribution >= 0.6 is 0 Å². The lowest BCUT2D eigenvalue weighted by Crippen LogP contribution is -1.97. The van der Waals surface area contributed by atoms with E-state index in [1.807, 2.05) is 24.3 Å². The Balaban J connectivity index is 1.97. The molecular formula is C23H36O3. The Kier molecular flexibility index (Phi) is 13.3. The predicted octanol–water partition coefficient (Wildman–Crippen LogP) is 6.86. The zero-order valence-electron chi connectivity index (χ0n) is 16.4. The SMILES string of the molecule is CCCCCCCCCCCCCCOc1cccc(C=CC(=O)O)c1. The van der Waals surface area contributed by atoms with E-state index in [9.17, 15) is 4.79 Å². The fourth-order valence-corrected chi connectivity index (χ4v) is 3.01. The monoisotopic (exact) mass is 360 g/mol. The van der Waals surface area contributed by atoms with E-state index in [0.717, 1.165) is 30.4 Å². The summed E-state index contributed by atoms with van der Waals surface area (Å²) in [7, 11) is 0. The quantitative estimate of drug-likeness (QED) is 0.258. The average molecular weight is 361 g/mol. The summed E-state index contributed by atoms with van der Waals surface area (Å²) in [4.78, 5) is 10.5. The van der Waals surface area contributed by atoms with Gasteiger partial charge in [-0.25, -0.2) is 4.79 Å². The molecule has 0 aromatic heterocycles. The molecule has 3 nitrogen and oxygen atoms in total. The van der Waals surface area contributed by atoms with Crippen LogP contribution in [0.1, 0.15) is 89.5 Å². The summed E-state index contributed by atoms with van der Waals surface area (Å²) in [6.45, 7) is 2.99. The van der Waals surface area contributed by atoms with Crippen molar-refractivity contribution in [1.82, 2.24) is 0 Å². The minimum Gasteiger partial charge on any atom is -0.494 e. The zero-order valence-corrected chi connectivity index (χ0v) is 16.4. The number of ether oxygens (including phenoxy) is 1. The second kappa shape index (κ2) is 15.5. The van der Waals surface area contributed by atoms with Crippen LogP contribution in [0.5, 0.6) is 5.75 Å². The van der Waals surface area contributed by atoms with Crippen molar-refractivity contribution in [1.29, 1.82) is 0 Å². The third kappa shape index (κ3) is 12.6. The van der Waals surface area contributed by atoms with Crippen LogP contribution in [0.15, 0.2) is 30.3 Å². The highest BCUT2D eigenvalue weighted by Gasteiger charge is 1.97. The fourth-order valence-electron chi connectivity index (χ4n) is 3.01. The van der Waals surface area contributed by atoms with Crippen LogP contribution in [-0.2, 0) is 4.79 Å². The summed E-state index contributed by atoms with van der Waals surface area (Å²) in [5.41, 5.74) is 0.847. The largest absolute Gasteiger partial charge is 0.494 e. The van der Waals surface area contributed by atoms with Crippen molar-refractivity contribution in [3.05, 3.63) is 35.9 Å². The topological polar surface area (TPSA) is 46.5 Å². The van der Waals surface area contributed by atoms with Crippen molar-refractivity contribution in [2.24, 2.45) is 0 Å². The molecule has 0 bridgehead atoms. The normalized spacial score (nSPS) is 11.1. The summed E-state index contributed by atoms with van der Waals surface area (Å²) < 4.78 is 5.76. The van der Waals surface area contributed by atoms with Crippen LogP contribution in [-0.4, -0.2) is 17.7 Å². The van der Waals surface area contributed by atoms with Gasteiger partial charge in [-0.05, 0) is 30.2 Å². The Bertz CT molecular complexity index is 508. The molecule has 26 heavy (non-hydrogen) atoms. The molecular weight excluding hydrogens is 324 g/mol. The molecule has 0 saturated heterocycles. The Morgan fingerprint density at radius 3 is 2.08 bits per heavy atom. The van der Waals surface area contributed by atoms with Gasteiger partial charge in [-0.15, -0.1) is 0 Å². The summed E-state index contributed by atoms with van der Waals surface area (Å²) in [6, 6.07) is 7.55. The smallest absolute Gasteiger partial charge is 0.328 e. The molecule has 146 valence electrons. The summed E-state index contributed by atoms with van der Waals surface area (Å²) in [6.07, 6.45) is 18.8. The number of carbonyl (C=O) groups is 1. The number of carboxylic acid groups (broad SMARTS) is 1. The van der Waals surface area contributed by atoms with Crippen LogP contribution in [0.2, 0.25) is 0 Å². The summed E-state index contributed by atoms with van der Waals surface area (Å²) in [5.74, 6) is -0.131. The lowest BCUT2D eigenvalue weighted by atomic mass is 10.1. The third-order valence-electron chi connectivity index (χ3n) is 4.54. The number of unbranched alkanes of at least 4 members (excludes halogenated alkanes) is 11. The number of benzene rings is 1. The molecule has 1 aromatic rings. The Hall–Kier alpha value is -1.77. The molecule has 0 amide bonds. The van der Waals surface area contributed by atoms with E-state index < -0.39 is 5.97 Å². The van der Waals surface area contributed by atoms with Crippen molar-refractivity contribution in [3.8, 4) is 5.75 Å². The van der Waals surface area contributed by atoms with Gasteiger partial charge in [0.1, 0.15) is 5.75 Å². The summed E-state index contributed by atoms with van der Waals surface area (Å²) in [5, 5.41) is 8.66. The van der Waals surface area contributed by atoms with Crippen LogP contribution in [0.4, 0.5) is 0 Å². The Labute approximate surface area is 159 Å². The first-order valence-corrected chi connectivity index (χ1v) is 10.4. The average Bonchev–Trinajstić information content (AvgIpc) is 2.64. The first-order chi connectivity index (χ1) is 12.7. The summed E-state index contributed by atoms with van der Waals surface area (Å²) >= 11 is 0. The van der Waals surface area contributed by atoms with Gasteiger partial charge in [0.15, 0.2) is 0 Å². The van der Waals surface area contributed by atoms with Gasteiger partial charge in [0.05, 0.1) is 6.61 Å². The lowest BCUT2D eigenvalue weighted by molar-refractivity contribution is -0.131. The van der Waals surface area contributed by atoms with Gasteiger partial charge in [-0.2, -0.15) is 0 Å². The molecule has 3 heteroatoms. The standard InChI is InChI=1S/C23H36O3/c1-2-3-4-5-6-7-8-9-10-11-12-13-19-26-22-16-14-15-21(20-22)17-18-23(24)25/h14-18,20H,2-13,19H2,1H3,(H,24,25). The van der Waals surface area contributed by atoms with Gasteiger partial charge in [0.2, 0.25) is 0 Å². The molecule has 0 fully saturated rings. The highest BCUT2D eigenvalue weighted by atomic mass is 16.5. The van der Waals surface area contributed by atoms with Gasteiger partial charge in [0, 0.05) is 6.08 Å². The number of aliphatic carboxylic acids is 1. The van der Waals surface area contributed by atoms with Crippen molar-refractivity contribution in [3.63, 3.8) is 0 Å². The van der Waals surface area contributed by atoms with Crippen LogP contribution in [0.3, 0.4) is 0 Å². The number of hydrogen-bond acceptors (Lipinski definition) is 2. The zero-order chi connectivity index (χ0) is 18.9. The fraction of sp³-hybridized carbons (Fsp3) is 0.609. The number of rotatable bonds is 16. The highest BCUT2D eigenvalue weighted by Crippen LogP contribution is 2.16. The van der Waals surface area contributed by atoms with E-state index in [2.05, 4.69) is 6.92 Å². The molecule has 0 spiro atoms. The van der Waals surface area contributed by atoms with Gasteiger partial charge in [0.25, 0.3) is 0 Å². The molecule has 1 rings (SSSR count). The second-order valence-electron chi connectivity index (χ2n) is 6.98. The molecule has 0 aliphatic heterocycles.